The van der Waals surface area contributed by atoms with Gasteiger partial charge in [0, 0.05) is 38.0 Å². The number of esters is 4. The molecule has 0 amide bonds. The Balaban J connectivity index is 2.22. The maximum atomic E-state index is 12.2. The highest BCUT2D eigenvalue weighted by atomic mass is 16.6. The van der Waals surface area contributed by atoms with E-state index < -0.39 is 54.4 Å². The molecule has 39 heavy (non-hydrogen) atoms. The van der Waals surface area contributed by atoms with Crippen molar-refractivity contribution in [2.24, 2.45) is 0 Å². The van der Waals surface area contributed by atoms with Gasteiger partial charge in [0.25, 0.3) is 0 Å². The van der Waals surface area contributed by atoms with Gasteiger partial charge < -0.3 is 33.2 Å². The minimum absolute atomic E-state index is 0.328. The van der Waals surface area contributed by atoms with Crippen molar-refractivity contribution in [2.75, 3.05) is 21.3 Å². The van der Waals surface area contributed by atoms with Crippen LogP contribution in [0.4, 0.5) is 0 Å². The van der Waals surface area contributed by atoms with Crippen LogP contribution in [0.1, 0.15) is 49.7 Å². The Morgan fingerprint density at radius 1 is 0.744 bits per heavy atom. The van der Waals surface area contributed by atoms with Gasteiger partial charge in [0.05, 0.1) is 33.0 Å². The highest BCUT2D eigenvalue weighted by molar-refractivity contribution is 5.91. The summed E-state index contributed by atoms with van der Waals surface area (Å²) >= 11 is 0. The fraction of sp³-hybridized carbons (Fsp3) is 0.429. The molecule has 1 aliphatic heterocycles. The molecule has 5 atom stereocenters. The Bertz CT molecular complexity index is 1240. The highest BCUT2D eigenvalue weighted by Crippen LogP contribution is 2.45. The second-order valence-electron chi connectivity index (χ2n) is 8.85. The monoisotopic (exact) mass is 544 g/mol. The number of hydrogen-bond acceptors (Lipinski definition) is 11. The largest absolute Gasteiger partial charge is 0.496 e. The summed E-state index contributed by atoms with van der Waals surface area (Å²) in [7, 11) is 4.23. The third-order valence-corrected chi connectivity index (χ3v) is 6.13. The fourth-order valence-corrected chi connectivity index (χ4v) is 4.57. The lowest BCUT2D eigenvalue weighted by Crippen LogP contribution is -2.57. The predicted molar refractivity (Wildman–Crippen MR) is 136 cm³/mol. The highest BCUT2D eigenvalue weighted by Gasteiger charge is 2.51. The van der Waals surface area contributed by atoms with Crippen LogP contribution in [0.3, 0.4) is 0 Å². The van der Waals surface area contributed by atoms with Crippen molar-refractivity contribution >= 4 is 23.9 Å². The topological polar surface area (TPSA) is 133 Å². The zero-order chi connectivity index (χ0) is 28.9. The van der Waals surface area contributed by atoms with Gasteiger partial charge in [-0.2, -0.15) is 0 Å². The summed E-state index contributed by atoms with van der Waals surface area (Å²) in [6, 6.07) is 10.1. The van der Waals surface area contributed by atoms with Crippen LogP contribution in [0.25, 0.3) is 11.1 Å². The molecular formula is C28H32O11. The molecule has 0 N–H and O–H groups in total. The van der Waals surface area contributed by atoms with E-state index in [0.29, 0.717) is 33.8 Å². The molecule has 1 aliphatic rings. The van der Waals surface area contributed by atoms with Crippen LogP contribution >= 0.6 is 0 Å². The van der Waals surface area contributed by atoms with Crippen molar-refractivity contribution in [1.82, 2.24) is 0 Å². The molecule has 11 heteroatoms. The van der Waals surface area contributed by atoms with Gasteiger partial charge in [-0.05, 0) is 30.7 Å². The number of methoxy groups -OCH3 is 3. The lowest BCUT2D eigenvalue weighted by molar-refractivity contribution is -0.245. The smallest absolute Gasteiger partial charge is 0.337 e. The van der Waals surface area contributed by atoms with E-state index >= 15 is 0 Å². The van der Waals surface area contributed by atoms with Gasteiger partial charge in [-0.3, -0.25) is 14.4 Å². The number of hydrogen-bond donors (Lipinski definition) is 0. The van der Waals surface area contributed by atoms with Crippen LogP contribution in [-0.4, -0.2) is 69.6 Å². The molecule has 1 saturated heterocycles. The van der Waals surface area contributed by atoms with Crippen LogP contribution in [0.15, 0.2) is 36.4 Å². The molecule has 1 heterocycles. The molecule has 2 aromatic rings. The summed E-state index contributed by atoms with van der Waals surface area (Å²) in [6.45, 7) is 5.27. The number of rotatable bonds is 8. The Labute approximate surface area is 226 Å². The first-order chi connectivity index (χ1) is 18.5. The molecule has 210 valence electrons. The van der Waals surface area contributed by atoms with Gasteiger partial charge in [-0.1, -0.05) is 12.1 Å². The molecule has 2 aromatic carbocycles. The molecular weight excluding hydrogens is 512 g/mol. The third-order valence-electron chi connectivity index (χ3n) is 6.13. The van der Waals surface area contributed by atoms with Crippen molar-refractivity contribution in [3.63, 3.8) is 0 Å². The first-order valence-electron chi connectivity index (χ1n) is 12.1. The zero-order valence-corrected chi connectivity index (χ0v) is 22.8. The minimum atomic E-state index is -1.21. The molecule has 0 bridgehead atoms. The maximum absolute atomic E-state index is 12.2. The van der Waals surface area contributed by atoms with Crippen LogP contribution < -0.4 is 9.47 Å². The molecule has 0 radical (unpaired) electrons. The first-order valence-corrected chi connectivity index (χ1v) is 12.1. The van der Waals surface area contributed by atoms with Gasteiger partial charge in [-0.25, -0.2) is 4.79 Å². The minimum Gasteiger partial charge on any atom is -0.496 e. The number of carbonyl (C=O) groups excluding carboxylic acids is 4. The van der Waals surface area contributed by atoms with E-state index in [-0.39, 0.29) is 0 Å². The van der Waals surface area contributed by atoms with Gasteiger partial charge in [0.2, 0.25) is 0 Å². The fourth-order valence-electron chi connectivity index (χ4n) is 4.57. The lowest BCUT2D eigenvalue weighted by atomic mass is 9.88. The molecule has 0 saturated carbocycles. The average molecular weight is 545 g/mol. The number of benzene rings is 2. The standard InChI is InChI=1S/C28H32O11/c1-14-24(37-15(2)29)26(38-16(3)30)27(39-17(4)31)25(36-14)21-12-20(22(33-5)13-23(21)34-6)18-9-8-10-19(11-18)28(32)35-7/h8-14,24-27H,1-7H3/t14-,24+,25+,26+,27+/m0/s1. The van der Waals surface area contributed by atoms with Crippen LogP contribution in [0.5, 0.6) is 11.5 Å². The zero-order valence-electron chi connectivity index (χ0n) is 22.8. The third kappa shape index (κ3) is 6.66. The van der Waals surface area contributed by atoms with Crippen molar-refractivity contribution in [3.8, 4) is 22.6 Å². The van der Waals surface area contributed by atoms with Gasteiger partial charge in [0.15, 0.2) is 18.3 Å². The van der Waals surface area contributed by atoms with Crippen molar-refractivity contribution in [2.45, 2.75) is 58.2 Å². The molecule has 3 rings (SSSR count). The SMILES string of the molecule is COC(=O)c1cccc(-c2cc([C@H]3O[C@@H](C)[C@@H](OC(C)=O)[C@@H](OC(C)=O)[C@@H]3OC(C)=O)c(OC)cc2OC)c1. The van der Waals surface area contributed by atoms with Gasteiger partial charge >= 0.3 is 23.9 Å². The molecule has 11 nitrogen and oxygen atoms in total. The normalized spacial score (nSPS) is 22.3. The number of ether oxygens (including phenoxy) is 7. The van der Waals surface area contributed by atoms with Crippen molar-refractivity contribution in [1.29, 1.82) is 0 Å². The summed E-state index contributed by atoms with van der Waals surface area (Å²) in [4.78, 5) is 48.2. The van der Waals surface area contributed by atoms with Crippen LogP contribution in [0, 0.1) is 0 Å². The van der Waals surface area contributed by atoms with E-state index in [4.69, 9.17) is 33.2 Å². The molecule has 0 aromatic heterocycles. The van der Waals surface area contributed by atoms with Gasteiger partial charge in [-0.15, -0.1) is 0 Å². The Morgan fingerprint density at radius 3 is 1.90 bits per heavy atom. The van der Waals surface area contributed by atoms with E-state index in [1.807, 2.05) is 0 Å². The lowest BCUT2D eigenvalue weighted by Gasteiger charge is -2.44. The van der Waals surface area contributed by atoms with Gasteiger partial charge in [0.1, 0.15) is 17.6 Å². The summed E-state index contributed by atoms with van der Waals surface area (Å²) in [5, 5.41) is 0. The summed E-state index contributed by atoms with van der Waals surface area (Å²) < 4.78 is 38.9. The second-order valence-corrected chi connectivity index (χ2v) is 8.85. The average Bonchev–Trinajstić information content (AvgIpc) is 2.90. The Hall–Kier alpha value is -4.12. The Morgan fingerprint density at radius 2 is 1.33 bits per heavy atom. The first kappa shape index (κ1) is 29.4. The van der Waals surface area contributed by atoms with E-state index in [0.717, 1.165) is 0 Å². The summed E-state index contributed by atoms with van der Waals surface area (Å²) in [5.41, 5.74) is 1.96. The second kappa shape index (κ2) is 12.6. The van der Waals surface area contributed by atoms with Crippen molar-refractivity contribution in [3.05, 3.63) is 47.5 Å². The van der Waals surface area contributed by atoms with E-state index in [9.17, 15) is 19.2 Å². The molecule has 0 aliphatic carbocycles. The van der Waals surface area contributed by atoms with Crippen LogP contribution in [-0.2, 0) is 38.1 Å². The summed E-state index contributed by atoms with van der Waals surface area (Å²) in [6.07, 6.45) is -5.21. The van der Waals surface area contributed by atoms with E-state index in [2.05, 4.69) is 0 Å². The quantitative estimate of drug-likeness (QED) is 0.358. The summed E-state index contributed by atoms with van der Waals surface area (Å²) in [5.74, 6) is -1.70. The molecule has 0 unspecified atom stereocenters. The predicted octanol–water partition coefficient (Wildman–Crippen LogP) is 3.41. The van der Waals surface area contributed by atoms with Crippen molar-refractivity contribution < 1.29 is 52.3 Å². The number of carbonyl (C=O) groups is 4. The maximum Gasteiger partial charge on any atom is 0.337 e. The van der Waals surface area contributed by atoms with E-state index in [1.54, 1.807) is 43.3 Å². The molecule has 0 spiro atoms. The molecule has 1 fully saturated rings. The Kier molecular flexibility index (Phi) is 9.52. The van der Waals surface area contributed by atoms with E-state index in [1.165, 1.54) is 42.1 Å². The van der Waals surface area contributed by atoms with Crippen LogP contribution in [0.2, 0.25) is 0 Å².